The van der Waals surface area contributed by atoms with Crippen LogP contribution < -0.4 is 0 Å². The normalized spacial score (nSPS) is 16.3. The first-order valence-electron chi connectivity index (χ1n) is 9.87. The van der Waals surface area contributed by atoms with E-state index < -0.39 is 5.60 Å². The van der Waals surface area contributed by atoms with E-state index >= 15 is 0 Å². The van der Waals surface area contributed by atoms with Crippen LogP contribution in [-0.4, -0.2) is 41.1 Å². The van der Waals surface area contributed by atoms with Crippen molar-refractivity contribution in [3.8, 4) is 0 Å². The highest BCUT2D eigenvalue weighted by atomic mass is 16.6. The molecule has 1 N–H and O–H groups in total. The lowest BCUT2D eigenvalue weighted by Crippen LogP contribution is -2.34. The van der Waals surface area contributed by atoms with Crippen molar-refractivity contribution < 1.29 is 9.53 Å². The predicted octanol–water partition coefficient (Wildman–Crippen LogP) is 4.93. The van der Waals surface area contributed by atoms with Crippen LogP contribution in [0.3, 0.4) is 0 Å². The third-order valence-electron chi connectivity index (χ3n) is 5.32. The highest BCUT2D eigenvalue weighted by molar-refractivity contribution is 6.04. The number of esters is 1. The number of nitrogens with one attached hydrogen (secondary N) is 1. The van der Waals surface area contributed by atoms with Crippen molar-refractivity contribution >= 4 is 16.9 Å². The van der Waals surface area contributed by atoms with Crippen LogP contribution in [-0.2, 0) is 11.2 Å². The molecule has 1 aromatic heterocycles. The molecule has 0 aliphatic heterocycles. The molecule has 1 saturated carbocycles. The molecule has 0 amide bonds. The second-order valence-corrected chi connectivity index (χ2v) is 8.61. The average molecular weight is 357 g/mol. The largest absolute Gasteiger partial charge is 0.456 e. The minimum absolute atomic E-state index is 0.270. The number of fused-ring (bicyclic) bond motifs is 1. The van der Waals surface area contributed by atoms with Crippen LogP contribution in [0.1, 0.15) is 68.8 Å². The molecule has 0 unspecified atom stereocenters. The summed E-state index contributed by atoms with van der Waals surface area (Å²) in [5.74, 6) is -0.270. The Kier molecular flexibility index (Phi) is 5.71. The summed E-state index contributed by atoms with van der Waals surface area (Å²) < 4.78 is 5.50. The van der Waals surface area contributed by atoms with Gasteiger partial charge in [0.05, 0.1) is 5.56 Å². The zero-order chi connectivity index (χ0) is 18.7. The third kappa shape index (κ3) is 4.67. The number of aromatic nitrogens is 1. The number of rotatable bonds is 5. The Bertz CT molecular complexity index is 751. The van der Waals surface area contributed by atoms with E-state index in [1.807, 2.05) is 26.8 Å². The van der Waals surface area contributed by atoms with Gasteiger partial charge in [-0.3, -0.25) is 0 Å². The van der Waals surface area contributed by atoms with Crippen molar-refractivity contribution in [2.45, 2.75) is 70.9 Å². The Morgan fingerprint density at radius 2 is 1.96 bits per heavy atom. The predicted molar refractivity (Wildman–Crippen MR) is 107 cm³/mol. The Balaban J connectivity index is 1.65. The topological polar surface area (TPSA) is 45.3 Å². The van der Waals surface area contributed by atoms with Crippen LogP contribution in [0.4, 0.5) is 0 Å². The van der Waals surface area contributed by atoms with Crippen molar-refractivity contribution in [3.63, 3.8) is 0 Å². The summed E-state index contributed by atoms with van der Waals surface area (Å²) >= 11 is 0. The van der Waals surface area contributed by atoms with Crippen LogP contribution in [0.25, 0.3) is 10.9 Å². The summed E-state index contributed by atoms with van der Waals surface area (Å²) in [6.07, 6.45) is 9.61. The summed E-state index contributed by atoms with van der Waals surface area (Å²) in [7, 11) is 2.25. The molecule has 26 heavy (non-hydrogen) atoms. The van der Waals surface area contributed by atoms with E-state index in [0.717, 1.165) is 29.9 Å². The molecule has 4 heteroatoms. The number of carbonyl (C=O) groups excluding carboxylic acids is 1. The maximum atomic E-state index is 12.4. The van der Waals surface area contributed by atoms with E-state index in [0.29, 0.717) is 5.56 Å². The zero-order valence-corrected chi connectivity index (χ0v) is 16.6. The molecule has 0 atom stereocenters. The summed E-state index contributed by atoms with van der Waals surface area (Å²) in [4.78, 5) is 18.1. The number of H-pyrrole nitrogens is 1. The van der Waals surface area contributed by atoms with Gasteiger partial charge in [-0.05, 0) is 58.7 Å². The SMILES string of the molecule is CN(CCc1ccc2c(C(=O)OC(C)(C)C)c[nH]c2c1)C1CCCCC1. The lowest BCUT2D eigenvalue weighted by Gasteiger charge is -2.31. The van der Waals surface area contributed by atoms with Gasteiger partial charge in [0.25, 0.3) is 0 Å². The van der Waals surface area contributed by atoms with Gasteiger partial charge < -0.3 is 14.6 Å². The van der Waals surface area contributed by atoms with Crippen LogP contribution >= 0.6 is 0 Å². The molecular weight excluding hydrogens is 324 g/mol. The van der Waals surface area contributed by atoms with E-state index in [4.69, 9.17) is 4.74 Å². The lowest BCUT2D eigenvalue weighted by atomic mass is 9.94. The molecule has 0 radical (unpaired) electrons. The monoisotopic (exact) mass is 356 g/mol. The molecule has 4 nitrogen and oxygen atoms in total. The standard InChI is InChI=1S/C22H32N2O2/c1-22(2,3)26-21(25)19-15-23-20-14-16(10-11-18(19)20)12-13-24(4)17-8-6-5-7-9-17/h10-11,14-15,17,23H,5-9,12-13H2,1-4H3. The maximum absolute atomic E-state index is 12.4. The molecule has 1 fully saturated rings. The number of benzene rings is 1. The van der Waals surface area contributed by atoms with Gasteiger partial charge in [0.2, 0.25) is 0 Å². The summed E-state index contributed by atoms with van der Waals surface area (Å²) in [6.45, 7) is 6.75. The van der Waals surface area contributed by atoms with E-state index in [1.165, 1.54) is 37.7 Å². The zero-order valence-electron chi connectivity index (χ0n) is 16.6. The minimum atomic E-state index is -0.482. The molecule has 1 aliphatic carbocycles. The molecular formula is C22H32N2O2. The van der Waals surface area contributed by atoms with E-state index in [9.17, 15) is 4.79 Å². The van der Waals surface area contributed by atoms with Crippen LogP contribution in [0.5, 0.6) is 0 Å². The van der Waals surface area contributed by atoms with Crippen LogP contribution in [0.2, 0.25) is 0 Å². The lowest BCUT2D eigenvalue weighted by molar-refractivity contribution is 0.00719. The summed E-state index contributed by atoms with van der Waals surface area (Å²) in [5, 5.41) is 0.934. The van der Waals surface area contributed by atoms with Gasteiger partial charge in [-0.1, -0.05) is 31.4 Å². The van der Waals surface area contributed by atoms with Gasteiger partial charge in [0.1, 0.15) is 5.60 Å². The van der Waals surface area contributed by atoms with Gasteiger partial charge in [-0.25, -0.2) is 4.79 Å². The Hall–Kier alpha value is -1.81. The van der Waals surface area contributed by atoms with Crippen LogP contribution in [0.15, 0.2) is 24.4 Å². The van der Waals surface area contributed by atoms with E-state index in [1.54, 1.807) is 6.20 Å². The molecule has 1 heterocycles. The summed E-state index contributed by atoms with van der Waals surface area (Å²) in [5.41, 5.74) is 2.44. The number of aromatic amines is 1. The molecule has 2 aromatic rings. The van der Waals surface area contributed by atoms with Crippen molar-refractivity contribution in [1.82, 2.24) is 9.88 Å². The van der Waals surface area contributed by atoms with E-state index in [2.05, 4.69) is 29.1 Å². The fourth-order valence-corrected chi connectivity index (χ4v) is 3.84. The van der Waals surface area contributed by atoms with E-state index in [-0.39, 0.29) is 5.97 Å². The van der Waals surface area contributed by atoms with Crippen molar-refractivity contribution in [1.29, 1.82) is 0 Å². The molecule has 0 spiro atoms. The fraction of sp³-hybridized carbons (Fsp3) is 0.591. The number of ether oxygens (including phenoxy) is 1. The minimum Gasteiger partial charge on any atom is -0.456 e. The number of hydrogen-bond acceptors (Lipinski definition) is 3. The first-order valence-corrected chi connectivity index (χ1v) is 9.87. The fourth-order valence-electron chi connectivity index (χ4n) is 3.84. The van der Waals surface area contributed by atoms with Crippen molar-refractivity contribution in [2.75, 3.05) is 13.6 Å². The molecule has 142 valence electrons. The Morgan fingerprint density at radius 1 is 1.23 bits per heavy atom. The second-order valence-electron chi connectivity index (χ2n) is 8.61. The molecule has 0 saturated heterocycles. The highest BCUT2D eigenvalue weighted by Gasteiger charge is 2.21. The third-order valence-corrected chi connectivity index (χ3v) is 5.32. The van der Waals surface area contributed by atoms with Crippen molar-refractivity contribution in [2.24, 2.45) is 0 Å². The molecule has 1 aromatic carbocycles. The van der Waals surface area contributed by atoms with Crippen molar-refractivity contribution in [3.05, 3.63) is 35.5 Å². The maximum Gasteiger partial charge on any atom is 0.340 e. The number of nitrogens with zero attached hydrogens (tertiary/aromatic N) is 1. The Labute approximate surface area is 156 Å². The first-order chi connectivity index (χ1) is 12.3. The average Bonchev–Trinajstić information content (AvgIpc) is 3.02. The number of carbonyl (C=O) groups is 1. The Morgan fingerprint density at radius 3 is 2.65 bits per heavy atom. The van der Waals surface area contributed by atoms with Gasteiger partial charge in [0.15, 0.2) is 0 Å². The first kappa shape index (κ1) is 19.0. The molecule has 1 aliphatic rings. The molecule has 3 rings (SSSR count). The number of likely N-dealkylation sites (N-methyl/N-ethyl adjacent to an activating group) is 1. The van der Waals surface area contributed by atoms with Gasteiger partial charge in [0, 0.05) is 29.7 Å². The second kappa shape index (κ2) is 7.83. The van der Waals surface area contributed by atoms with Gasteiger partial charge in [-0.15, -0.1) is 0 Å². The quantitative estimate of drug-likeness (QED) is 0.773. The summed E-state index contributed by atoms with van der Waals surface area (Å²) in [6, 6.07) is 7.09. The number of hydrogen-bond donors (Lipinski definition) is 1. The van der Waals surface area contributed by atoms with Crippen LogP contribution in [0, 0.1) is 0 Å². The smallest absolute Gasteiger partial charge is 0.340 e. The van der Waals surface area contributed by atoms with Gasteiger partial charge >= 0.3 is 5.97 Å². The molecule has 0 bridgehead atoms. The van der Waals surface area contributed by atoms with Gasteiger partial charge in [-0.2, -0.15) is 0 Å². The highest BCUT2D eigenvalue weighted by Crippen LogP contribution is 2.24.